The first-order chi connectivity index (χ1) is 7.77. The molecule has 16 heavy (non-hydrogen) atoms. The molecule has 1 heterocycles. The van der Waals surface area contributed by atoms with Crippen molar-refractivity contribution >= 4 is 28.2 Å². The van der Waals surface area contributed by atoms with Crippen molar-refractivity contribution in [3.05, 3.63) is 42.0 Å². The fraction of sp³-hybridized carbons (Fsp3) is 0. The Kier molecular flexibility index (Phi) is 1.71. The molecule has 4 nitrogen and oxygen atoms in total. The number of carbonyl (C=O) groups is 2. The second-order valence-corrected chi connectivity index (χ2v) is 3.52. The summed E-state index contributed by atoms with van der Waals surface area (Å²) in [5.41, 5.74) is 0.821. The van der Waals surface area contributed by atoms with E-state index in [0.717, 1.165) is 10.8 Å². The maximum Gasteiger partial charge on any atom is 0.336 e. The first-order valence-corrected chi connectivity index (χ1v) is 4.79. The van der Waals surface area contributed by atoms with Gasteiger partial charge in [-0.25, -0.2) is 0 Å². The van der Waals surface area contributed by atoms with E-state index in [4.69, 9.17) is 0 Å². The van der Waals surface area contributed by atoms with Crippen LogP contribution >= 0.6 is 0 Å². The van der Waals surface area contributed by atoms with E-state index in [2.05, 4.69) is 10.2 Å². The molecule has 0 aromatic heterocycles. The molecule has 1 aliphatic heterocycles. The Labute approximate surface area is 90.6 Å². The zero-order valence-corrected chi connectivity index (χ0v) is 8.18. The van der Waals surface area contributed by atoms with Gasteiger partial charge in [0.05, 0.1) is 5.56 Å². The van der Waals surface area contributed by atoms with Crippen molar-refractivity contribution in [1.29, 1.82) is 0 Å². The first-order valence-electron chi connectivity index (χ1n) is 4.79. The van der Waals surface area contributed by atoms with Gasteiger partial charge in [-0.15, -0.1) is 10.2 Å². The van der Waals surface area contributed by atoms with Crippen molar-refractivity contribution in [3.8, 4) is 0 Å². The minimum absolute atomic E-state index is 0.332. The van der Waals surface area contributed by atoms with E-state index in [9.17, 15) is 9.59 Å². The Bertz CT molecular complexity index is 659. The molecule has 1 amide bonds. The normalized spacial score (nSPS) is 14.2. The SMILES string of the molecule is O=C1N=Nc2c(ccc3ccccc23)C1=O. The molecule has 0 bridgehead atoms. The summed E-state index contributed by atoms with van der Waals surface area (Å²) in [4.78, 5) is 22.6. The fourth-order valence-corrected chi connectivity index (χ4v) is 1.80. The molecule has 76 valence electrons. The molecule has 0 spiro atoms. The lowest BCUT2D eigenvalue weighted by molar-refractivity contribution is -0.114. The highest BCUT2D eigenvalue weighted by Crippen LogP contribution is 2.33. The predicted octanol–water partition coefficient (Wildman–Crippen LogP) is 2.65. The summed E-state index contributed by atoms with van der Waals surface area (Å²) in [5.74, 6) is -1.39. The molecule has 0 aliphatic carbocycles. The average molecular weight is 210 g/mol. The van der Waals surface area contributed by atoms with Gasteiger partial charge in [-0.05, 0) is 11.5 Å². The third-order valence-corrected chi connectivity index (χ3v) is 2.58. The summed E-state index contributed by atoms with van der Waals surface area (Å²) in [5, 5.41) is 8.96. The van der Waals surface area contributed by atoms with Crippen LogP contribution in [0, 0.1) is 0 Å². The van der Waals surface area contributed by atoms with E-state index in [1.807, 2.05) is 24.3 Å². The van der Waals surface area contributed by atoms with Gasteiger partial charge >= 0.3 is 5.91 Å². The summed E-state index contributed by atoms with van der Waals surface area (Å²) < 4.78 is 0. The van der Waals surface area contributed by atoms with Crippen LogP contribution in [0.1, 0.15) is 10.4 Å². The van der Waals surface area contributed by atoms with Gasteiger partial charge in [0.2, 0.25) is 0 Å². The van der Waals surface area contributed by atoms with Gasteiger partial charge in [-0.3, -0.25) is 9.59 Å². The largest absolute Gasteiger partial charge is 0.336 e. The molecule has 0 unspecified atom stereocenters. The molecule has 0 saturated heterocycles. The van der Waals surface area contributed by atoms with Crippen LogP contribution in [-0.2, 0) is 4.79 Å². The van der Waals surface area contributed by atoms with Gasteiger partial charge in [0.1, 0.15) is 5.69 Å². The van der Waals surface area contributed by atoms with Crippen LogP contribution in [0.4, 0.5) is 5.69 Å². The molecule has 4 heteroatoms. The number of nitrogens with zero attached hydrogens (tertiary/aromatic N) is 2. The van der Waals surface area contributed by atoms with E-state index in [1.165, 1.54) is 0 Å². The van der Waals surface area contributed by atoms with Crippen molar-refractivity contribution in [3.63, 3.8) is 0 Å². The molecule has 0 saturated carbocycles. The van der Waals surface area contributed by atoms with Gasteiger partial charge in [-0.2, -0.15) is 0 Å². The van der Waals surface area contributed by atoms with Crippen LogP contribution in [0.25, 0.3) is 10.8 Å². The van der Waals surface area contributed by atoms with Gasteiger partial charge in [0.25, 0.3) is 5.78 Å². The number of fused-ring (bicyclic) bond motifs is 3. The average Bonchev–Trinajstić information content (AvgIpc) is 2.33. The molecule has 2 aromatic rings. The lowest BCUT2D eigenvalue weighted by atomic mass is 10.0. The number of azo groups is 1. The number of rotatable bonds is 0. The van der Waals surface area contributed by atoms with E-state index in [-0.39, 0.29) is 0 Å². The Morgan fingerprint density at radius 3 is 2.56 bits per heavy atom. The van der Waals surface area contributed by atoms with Crippen LogP contribution < -0.4 is 0 Å². The van der Waals surface area contributed by atoms with Crippen molar-refractivity contribution in [2.75, 3.05) is 0 Å². The number of hydrogen-bond acceptors (Lipinski definition) is 3. The number of carbonyl (C=O) groups excluding carboxylic acids is 2. The topological polar surface area (TPSA) is 58.9 Å². The minimum atomic E-state index is -0.803. The number of hydrogen-bond donors (Lipinski definition) is 0. The molecule has 2 aromatic carbocycles. The fourth-order valence-electron chi connectivity index (χ4n) is 1.80. The van der Waals surface area contributed by atoms with E-state index in [0.29, 0.717) is 11.3 Å². The maximum atomic E-state index is 11.6. The second kappa shape index (κ2) is 3.06. The monoisotopic (exact) mass is 210 g/mol. The number of Topliss-reactive ketones (excluding diaryl/α,β-unsaturated/α-hetero) is 1. The summed E-state index contributed by atoms with van der Waals surface area (Å²) >= 11 is 0. The molecular weight excluding hydrogens is 204 g/mol. The van der Waals surface area contributed by atoms with Crippen LogP contribution in [0.5, 0.6) is 0 Å². The Morgan fingerprint density at radius 2 is 1.69 bits per heavy atom. The molecule has 0 N–H and O–H groups in total. The number of benzene rings is 2. The van der Waals surface area contributed by atoms with Crippen LogP contribution in [0.15, 0.2) is 46.6 Å². The van der Waals surface area contributed by atoms with E-state index >= 15 is 0 Å². The molecule has 0 atom stereocenters. The number of ketones is 1. The lowest BCUT2D eigenvalue weighted by Gasteiger charge is -2.08. The van der Waals surface area contributed by atoms with Crippen molar-refractivity contribution in [2.45, 2.75) is 0 Å². The van der Waals surface area contributed by atoms with Crippen LogP contribution in [0.3, 0.4) is 0 Å². The molecular formula is C12H6N2O2. The van der Waals surface area contributed by atoms with E-state index < -0.39 is 11.7 Å². The maximum absolute atomic E-state index is 11.6. The smallest absolute Gasteiger partial charge is 0.283 e. The van der Waals surface area contributed by atoms with Crippen molar-refractivity contribution in [1.82, 2.24) is 0 Å². The standard InChI is InChI=1S/C12H6N2O2/c15-11-9-6-5-7-3-1-2-4-8(7)10(9)13-14-12(11)16/h1-6H. The summed E-state index contributed by atoms with van der Waals surface area (Å²) in [6.07, 6.45) is 0. The van der Waals surface area contributed by atoms with Crippen molar-refractivity contribution in [2.24, 2.45) is 10.2 Å². The zero-order chi connectivity index (χ0) is 11.1. The van der Waals surface area contributed by atoms with Gasteiger partial charge in [0.15, 0.2) is 0 Å². The Morgan fingerprint density at radius 1 is 0.875 bits per heavy atom. The molecule has 3 rings (SSSR count). The van der Waals surface area contributed by atoms with Crippen LogP contribution in [-0.4, -0.2) is 11.7 Å². The predicted molar refractivity (Wildman–Crippen MR) is 57.8 cm³/mol. The second-order valence-electron chi connectivity index (χ2n) is 3.52. The molecule has 0 radical (unpaired) electrons. The third-order valence-electron chi connectivity index (χ3n) is 2.58. The summed E-state index contributed by atoms with van der Waals surface area (Å²) in [6.45, 7) is 0. The molecule has 0 fully saturated rings. The van der Waals surface area contributed by atoms with Crippen molar-refractivity contribution < 1.29 is 9.59 Å². The zero-order valence-electron chi connectivity index (χ0n) is 8.18. The highest BCUT2D eigenvalue weighted by atomic mass is 16.2. The van der Waals surface area contributed by atoms with Crippen LogP contribution in [0.2, 0.25) is 0 Å². The first kappa shape index (κ1) is 8.91. The third kappa shape index (κ3) is 1.10. The van der Waals surface area contributed by atoms with Gasteiger partial charge in [0, 0.05) is 5.39 Å². The number of amides is 1. The van der Waals surface area contributed by atoms with Gasteiger partial charge < -0.3 is 0 Å². The summed E-state index contributed by atoms with van der Waals surface area (Å²) in [7, 11) is 0. The Hall–Kier alpha value is -2.36. The summed E-state index contributed by atoms with van der Waals surface area (Å²) in [6, 6.07) is 11.0. The minimum Gasteiger partial charge on any atom is -0.283 e. The lowest BCUT2D eigenvalue weighted by Crippen LogP contribution is -2.14. The Balaban J connectivity index is 2.43. The quantitative estimate of drug-likeness (QED) is 0.627. The highest BCUT2D eigenvalue weighted by Gasteiger charge is 2.24. The van der Waals surface area contributed by atoms with Gasteiger partial charge in [-0.1, -0.05) is 30.3 Å². The highest BCUT2D eigenvalue weighted by molar-refractivity contribution is 6.45. The van der Waals surface area contributed by atoms with E-state index in [1.54, 1.807) is 12.1 Å². The molecule has 1 aliphatic rings.